The highest BCUT2D eigenvalue weighted by molar-refractivity contribution is 5.67. The van der Waals surface area contributed by atoms with Crippen LogP contribution in [0.2, 0.25) is 0 Å². The van der Waals surface area contributed by atoms with Gasteiger partial charge in [-0.2, -0.15) is 0 Å². The van der Waals surface area contributed by atoms with E-state index in [1.807, 2.05) is 51.1 Å². The molecule has 0 heterocycles. The van der Waals surface area contributed by atoms with E-state index >= 15 is 0 Å². The van der Waals surface area contributed by atoms with Crippen LogP contribution < -0.4 is 0 Å². The molecule has 29 heavy (non-hydrogen) atoms. The summed E-state index contributed by atoms with van der Waals surface area (Å²) in [5, 5.41) is 12.3. The molecule has 0 radical (unpaired) electrons. The maximum atomic E-state index is 12.1. The van der Waals surface area contributed by atoms with Gasteiger partial charge in [0.2, 0.25) is 0 Å². The van der Waals surface area contributed by atoms with E-state index in [1.54, 1.807) is 12.1 Å². The van der Waals surface area contributed by atoms with E-state index in [4.69, 9.17) is 9.84 Å². The largest absolute Gasteiger partial charge is 0.443 e. The molecule has 5 heteroatoms. The van der Waals surface area contributed by atoms with Crippen molar-refractivity contribution in [1.82, 2.24) is 10.0 Å². The summed E-state index contributed by atoms with van der Waals surface area (Å²) in [6.45, 7) is 8.32. The van der Waals surface area contributed by atoms with E-state index in [1.165, 1.54) is 23.4 Å². The van der Waals surface area contributed by atoms with Crippen LogP contribution in [-0.4, -0.2) is 47.0 Å². The quantitative estimate of drug-likeness (QED) is 0.672. The second-order valence-electron chi connectivity index (χ2n) is 7.86. The Hall–Kier alpha value is -2.37. The van der Waals surface area contributed by atoms with Gasteiger partial charge in [-0.15, -0.1) is 0 Å². The summed E-state index contributed by atoms with van der Waals surface area (Å²) in [7, 11) is 1.80. The Morgan fingerprint density at radius 2 is 1.48 bits per heavy atom. The van der Waals surface area contributed by atoms with Crippen LogP contribution in [0.3, 0.4) is 0 Å². The van der Waals surface area contributed by atoms with Crippen molar-refractivity contribution in [3.63, 3.8) is 0 Å². The minimum Gasteiger partial charge on any atom is -0.443 e. The molecule has 0 fully saturated rings. The van der Waals surface area contributed by atoms with Gasteiger partial charge in [-0.1, -0.05) is 74.0 Å². The lowest BCUT2D eigenvalue weighted by Gasteiger charge is -2.33. The van der Waals surface area contributed by atoms with Crippen LogP contribution in [0.5, 0.6) is 0 Å². The number of carbonyl (C=O) groups is 1. The molecule has 2 aromatic carbocycles. The third-order valence-corrected chi connectivity index (χ3v) is 3.96. The van der Waals surface area contributed by atoms with Crippen LogP contribution in [0.1, 0.15) is 45.2 Å². The summed E-state index contributed by atoms with van der Waals surface area (Å²) in [4.78, 5) is 12.1. The van der Waals surface area contributed by atoms with Crippen molar-refractivity contribution in [1.29, 1.82) is 0 Å². The molecule has 0 saturated carbocycles. The average Bonchev–Trinajstić information content (AvgIpc) is 2.67. The van der Waals surface area contributed by atoms with Gasteiger partial charge in [0.05, 0.1) is 13.2 Å². The number of benzene rings is 2. The molecule has 0 saturated heterocycles. The number of nitrogens with zero attached hydrogens (tertiary/aromatic N) is 2. The topological polar surface area (TPSA) is 53.0 Å². The first-order chi connectivity index (χ1) is 13.8. The molecule has 0 atom stereocenters. The van der Waals surface area contributed by atoms with Crippen molar-refractivity contribution >= 4 is 6.09 Å². The Morgan fingerprint density at radius 1 is 0.966 bits per heavy atom. The van der Waals surface area contributed by atoms with Gasteiger partial charge in [-0.05, 0) is 38.3 Å². The summed E-state index contributed by atoms with van der Waals surface area (Å²) >= 11 is 0. The van der Waals surface area contributed by atoms with Gasteiger partial charge in [-0.25, -0.2) is 14.8 Å². The average molecular weight is 401 g/mol. The van der Waals surface area contributed by atoms with Crippen LogP contribution >= 0.6 is 0 Å². The zero-order valence-corrected chi connectivity index (χ0v) is 18.5. The summed E-state index contributed by atoms with van der Waals surface area (Å²) < 4.78 is 5.35. The number of aliphatic hydroxyl groups is 1. The Bertz CT molecular complexity index is 684. The molecule has 5 nitrogen and oxygen atoms in total. The fourth-order valence-electron chi connectivity index (χ4n) is 2.68. The second kappa shape index (κ2) is 13.0. The summed E-state index contributed by atoms with van der Waals surface area (Å²) in [6, 6.07) is 20.4. The van der Waals surface area contributed by atoms with E-state index < -0.39 is 11.7 Å². The van der Waals surface area contributed by atoms with Gasteiger partial charge in [0.25, 0.3) is 0 Å². The Morgan fingerprint density at radius 3 is 1.93 bits per heavy atom. The molecule has 0 spiro atoms. The highest BCUT2D eigenvalue weighted by Gasteiger charge is 2.24. The van der Waals surface area contributed by atoms with Crippen LogP contribution in [0.15, 0.2) is 60.7 Å². The van der Waals surface area contributed by atoms with Crippen molar-refractivity contribution in [2.24, 2.45) is 0 Å². The van der Waals surface area contributed by atoms with E-state index in [9.17, 15) is 4.79 Å². The van der Waals surface area contributed by atoms with E-state index in [-0.39, 0.29) is 13.2 Å². The molecule has 2 rings (SSSR count). The summed E-state index contributed by atoms with van der Waals surface area (Å²) in [5.74, 6) is 0. The summed E-state index contributed by atoms with van der Waals surface area (Å²) in [6.07, 6.45) is 2.00. The molecule has 0 aromatic heterocycles. The predicted octanol–water partition coefficient (Wildman–Crippen LogP) is 4.90. The van der Waals surface area contributed by atoms with Crippen molar-refractivity contribution < 1.29 is 14.6 Å². The van der Waals surface area contributed by atoms with Gasteiger partial charge >= 0.3 is 6.09 Å². The first-order valence-corrected chi connectivity index (χ1v) is 10.2. The monoisotopic (exact) mass is 400 g/mol. The Labute approximate surface area is 175 Å². The van der Waals surface area contributed by atoms with Gasteiger partial charge in [0.1, 0.15) is 5.60 Å². The SMILES string of the molecule is CCCc1ccccc1.CN(Cc1ccccc1)N(CCO)C(=O)OC(C)(C)C. The minimum atomic E-state index is -0.557. The van der Waals surface area contributed by atoms with Crippen LogP contribution in [0.4, 0.5) is 4.79 Å². The zero-order chi connectivity index (χ0) is 21.7. The first-order valence-electron chi connectivity index (χ1n) is 10.2. The van der Waals surface area contributed by atoms with Gasteiger partial charge < -0.3 is 9.84 Å². The van der Waals surface area contributed by atoms with E-state index in [0.717, 1.165) is 5.56 Å². The number of hydrogen-bond acceptors (Lipinski definition) is 4. The fourth-order valence-corrected chi connectivity index (χ4v) is 2.68. The molecule has 0 aliphatic carbocycles. The molecule has 2 aromatic rings. The van der Waals surface area contributed by atoms with Crippen molar-refractivity contribution in [3.8, 4) is 0 Å². The Kier molecular flexibility index (Phi) is 11.0. The van der Waals surface area contributed by atoms with Crippen LogP contribution in [0, 0.1) is 0 Å². The summed E-state index contributed by atoms with van der Waals surface area (Å²) in [5.41, 5.74) is 1.97. The number of rotatable bonds is 7. The van der Waals surface area contributed by atoms with Gasteiger partial charge in [-0.3, -0.25) is 0 Å². The number of aryl methyl sites for hydroxylation is 1. The van der Waals surface area contributed by atoms with Gasteiger partial charge in [0.15, 0.2) is 0 Å². The van der Waals surface area contributed by atoms with E-state index in [0.29, 0.717) is 6.54 Å². The van der Waals surface area contributed by atoms with E-state index in [2.05, 4.69) is 37.3 Å². The predicted molar refractivity (Wildman–Crippen MR) is 118 cm³/mol. The number of amides is 1. The van der Waals surface area contributed by atoms with Crippen molar-refractivity contribution in [2.75, 3.05) is 20.2 Å². The molecule has 0 aliphatic rings. The number of carbonyl (C=O) groups excluding carboxylic acids is 1. The lowest BCUT2D eigenvalue weighted by molar-refractivity contribution is -0.0483. The highest BCUT2D eigenvalue weighted by atomic mass is 16.6. The molecule has 0 bridgehead atoms. The highest BCUT2D eigenvalue weighted by Crippen LogP contribution is 2.12. The molecule has 0 aliphatic heterocycles. The number of hydrogen-bond donors (Lipinski definition) is 1. The maximum absolute atomic E-state index is 12.1. The molecular weight excluding hydrogens is 364 g/mol. The number of ether oxygens (including phenoxy) is 1. The lowest BCUT2D eigenvalue weighted by atomic mass is 10.1. The normalized spacial score (nSPS) is 10.9. The molecule has 160 valence electrons. The van der Waals surface area contributed by atoms with Crippen molar-refractivity contribution in [3.05, 3.63) is 71.8 Å². The molecule has 1 amide bonds. The zero-order valence-electron chi connectivity index (χ0n) is 18.5. The molecule has 0 unspecified atom stereocenters. The van der Waals surface area contributed by atoms with Crippen LogP contribution in [-0.2, 0) is 17.7 Å². The first kappa shape index (κ1) is 24.7. The third-order valence-electron chi connectivity index (χ3n) is 3.96. The number of aliphatic hydroxyl groups excluding tert-OH is 1. The fraction of sp³-hybridized carbons (Fsp3) is 0.458. The third kappa shape index (κ3) is 10.7. The van der Waals surface area contributed by atoms with Gasteiger partial charge in [0, 0.05) is 13.6 Å². The number of hydrazine groups is 1. The minimum absolute atomic E-state index is 0.113. The standard InChI is InChI=1S/C15H24N2O3.C9H12/c1-15(2,3)20-14(19)17(10-11-18)16(4)12-13-8-6-5-7-9-13;1-2-6-9-7-4-3-5-8-9/h5-9,18H,10-12H2,1-4H3;3-5,7-8H,2,6H2,1H3. The molecular formula is C24H36N2O3. The maximum Gasteiger partial charge on any atom is 0.425 e. The second-order valence-corrected chi connectivity index (χ2v) is 7.86. The Balaban J connectivity index is 0.000000387. The smallest absolute Gasteiger partial charge is 0.425 e. The van der Waals surface area contributed by atoms with Crippen LogP contribution in [0.25, 0.3) is 0 Å². The molecule has 1 N–H and O–H groups in total. The van der Waals surface area contributed by atoms with Crippen molar-refractivity contribution in [2.45, 2.75) is 52.7 Å². The lowest BCUT2D eigenvalue weighted by Crippen LogP contribution is -2.47.